The number of hydrogen-bond acceptors (Lipinski definition) is 3. The Morgan fingerprint density at radius 3 is 2.46 bits per heavy atom. The maximum absolute atomic E-state index is 4.15. The highest BCUT2D eigenvalue weighted by molar-refractivity contribution is 5.85. The van der Waals surface area contributed by atoms with Crippen molar-refractivity contribution < 1.29 is 0 Å². The molecule has 1 aromatic rings. The zero-order chi connectivity index (χ0) is 7.52. The second kappa shape index (κ2) is 6.18. The molecule has 0 bridgehead atoms. The van der Waals surface area contributed by atoms with Crippen molar-refractivity contribution in [3.05, 3.63) is 12.2 Å². The van der Waals surface area contributed by atoms with Gasteiger partial charge in [0.25, 0.3) is 0 Å². The van der Waals surface area contributed by atoms with Crippen LogP contribution in [0, 0.1) is 0 Å². The molecule has 0 aromatic carbocycles. The first kappa shape index (κ1) is 12.7. The van der Waals surface area contributed by atoms with E-state index in [9.17, 15) is 0 Å². The summed E-state index contributed by atoms with van der Waals surface area (Å²) in [6, 6.07) is 0. The molecular formula is C7H14Cl2N4. The largest absolute Gasteiger partial charge is 0.317 e. The molecule has 2 rings (SSSR count). The van der Waals surface area contributed by atoms with Crippen LogP contribution in [0.4, 0.5) is 0 Å². The topological polar surface area (TPSA) is 53.6 Å². The Morgan fingerprint density at radius 1 is 1.23 bits per heavy atom. The quantitative estimate of drug-likeness (QED) is 0.752. The van der Waals surface area contributed by atoms with E-state index in [0.717, 1.165) is 18.9 Å². The third-order valence-electron chi connectivity index (χ3n) is 2.16. The fourth-order valence-corrected chi connectivity index (χ4v) is 1.51. The number of piperidine rings is 1. The van der Waals surface area contributed by atoms with Crippen molar-refractivity contribution >= 4 is 24.8 Å². The van der Waals surface area contributed by atoms with Crippen molar-refractivity contribution in [2.45, 2.75) is 18.8 Å². The zero-order valence-corrected chi connectivity index (χ0v) is 8.83. The molecule has 1 saturated heterocycles. The Balaban J connectivity index is 0.000000720. The van der Waals surface area contributed by atoms with Gasteiger partial charge in [0.1, 0.15) is 12.2 Å². The molecule has 2 N–H and O–H groups in total. The molecule has 6 heteroatoms. The van der Waals surface area contributed by atoms with Crippen molar-refractivity contribution in [3.8, 4) is 0 Å². The predicted molar refractivity (Wildman–Crippen MR) is 55.7 cm³/mol. The smallest absolute Gasteiger partial charge is 0.137 e. The van der Waals surface area contributed by atoms with Gasteiger partial charge in [0, 0.05) is 5.92 Å². The van der Waals surface area contributed by atoms with E-state index < -0.39 is 0 Å². The van der Waals surface area contributed by atoms with E-state index in [4.69, 9.17) is 0 Å². The van der Waals surface area contributed by atoms with E-state index >= 15 is 0 Å². The van der Waals surface area contributed by atoms with Gasteiger partial charge in [-0.05, 0) is 25.9 Å². The molecule has 1 aliphatic rings. The van der Waals surface area contributed by atoms with Crippen LogP contribution in [0.1, 0.15) is 24.6 Å². The lowest BCUT2D eigenvalue weighted by Crippen LogP contribution is -2.27. The van der Waals surface area contributed by atoms with Crippen molar-refractivity contribution in [3.63, 3.8) is 0 Å². The van der Waals surface area contributed by atoms with Crippen LogP contribution in [0.3, 0.4) is 0 Å². The second-order valence-corrected chi connectivity index (χ2v) is 2.89. The lowest BCUT2D eigenvalue weighted by Gasteiger charge is -2.19. The van der Waals surface area contributed by atoms with E-state index in [2.05, 4.69) is 20.5 Å². The Hall–Kier alpha value is -0.320. The van der Waals surface area contributed by atoms with Gasteiger partial charge in [-0.1, -0.05) is 0 Å². The van der Waals surface area contributed by atoms with Crippen LogP contribution in [-0.2, 0) is 0 Å². The molecule has 0 unspecified atom stereocenters. The Bertz CT molecular complexity index is 208. The van der Waals surface area contributed by atoms with Crippen LogP contribution in [0.25, 0.3) is 0 Å². The minimum Gasteiger partial charge on any atom is -0.317 e. The van der Waals surface area contributed by atoms with Crippen molar-refractivity contribution in [2.24, 2.45) is 0 Å². The number of halogens is 2. The zero-order valence-electron chi connectivity index (χ0n) is 7.19. The maximum Gasteiger partial charge on any atom is 0.137 e. The van der Waals surface area contributed by atoms with Crippen LogP contribution >= 0.6 is 24.8 Å². The standard InChI is InChI=1S/C7H12N4.2ClH/c1-3-8-4-2-6(1)7-9-5-10-11-7;;/h5-6,8H,1-4H2,(H,9,10,11);2*1H. The van der Waals surface area contributed by atoms with E-state index in [0.29, 0.717) is 5.92 Å². The molecule has 1 aromatic heterocycles. The Labute approximate surface area is 89.7 Å². The van der Waals surface area contributed by atoms with Crippen LogP contribution < -0.4 is 5.32 Å². The van der Waals surface area contributed by atoms with E-state index in [1.54, 1.807) is 6.33 Å². The number of rotatable bonds is 1. The first-order valence-corrected chi connectivity index (χ1v) is 4.03. The highest BCUT2D eigenvalue weighted by Gasteiger charge is 2.16. The molecule has 13 heavy (non-hydrogen) atoms. The third-order valence-corrected chi connectivity index (χ3v) is 2.16. The normalized spacial score (nSPS) is 17.2. The molecule has 4 nitrogen and oxygen atoms in total. The van der Waals surface area contributed by atoms with Crippen LogP contribution in [0.5, 0.6) is 0 Å². The summed E-state index contributed by atoms with van der Waals surface area (Å²) in [5, 5.41) is 10.1. The molecule has 2 heterocycles. The SMILES string of the molecule is Cl.Cl.c1n[nH]c(C2CCNCC2)n1. The molecule has 0 saturated carbocycles. The predicted octanol–water partition coefficient (Wildman–Crippen LogP) is 1.12. The number of aromatic nitrogens is 3. The fourth-order valence-electron chi connectivity index (χ4n) is 1.51. The summed E-state index contributed by atoms with van der Waals surface area (Å²) < 4.78 is 0. The third kappa shape index (κ3) is 3.14. The van der Waals surface area contributed by atoms with Crippen molar-refractivity contribution in [1.82, 2.24) is 20.5 Å². The summed E-state index contributed by atoms with van der Waals surface area (Å²) in [4.78, 5) is 4.15. The molecule has 0 spiro atoms. The summed E-state index contributed by atoms with van der Waals surface area (Å²) in [6.45, 7) is 2.21. The molecule has 0 radical (unpaired) electrons. The number of hydrogen-bond donors (Lipinski definition) is 2. The van der Waals surface area contributed by atoms with Gasteiger partial charge in [-0.15, -0.1) is 24.8 Å². The number of nitrogens with one attached hydrogen (secondary N) is 2. The average Bonchev–Trinajstić information content (AvgIpc) is 2.58. The van der Waals surface area contributed by atoms with Crippen LogP contribution in [-0.4, -0.2) is 28.3 Å². The van der Waals surface area contributed by atoms with Gasteiger partial charge in [0.05, 0.1) is 0 Å². The number of nitrogens with zero attached hydrogens (tertiary/aromatic N) is 2. The second-order valence-electron chi connectivity index (χ2n) is 2.89. The molecule has 76 valence electrons. The minimum absolute atomic E-state index is 0. The first-order chi connectivity index (χ1) is 5.47. The van der Waals surface area contributed by atoms with E-state index in [1.165, 1.54) is 12.8 Å². The molecule has 0 amide bonds. The summed E-state index contributed by atoms with van der Waals surface area (Å²) in [5.41, 5.74) is 0. The lowest BCUT2D eigenvalue weighted by atomic mass is 9.98. The van der Waals surface area contributed by atoms with Gasteiger partial charge in [0.15, 0.2) is 0 Å². The fraction of sp³-hybridized carbons (Fsp3) is 0.714. The summed E-state index contributed by atoms with van der Waals surface area (Å²) >= 11 is 0. The summed E-state index contributed by atoms with van der Waals surface area (Å²) in [5.74, 6) is 1.64. The van der Waals surface area contributed by atoms with Crippen molar-refractivity contribution in [2.75, 3.05) is 13.1 Å². The average molecular weight is 225 g/mol. The molecular weight excluding hydrogens is 211 g/mol. The monoisotopic (exact) mass is 224 g/mol. The minimum atomic E-state index is 0. The van der Waals surface area contributed by atoms with Crippen LogP contribution in [0.2, 0.25) is 0 Å². The highest BCUT2D eigenvalue weighted by atomic mass is 35.5. The highest BCUT2D eigenvalue weighted by Crippen LogP contribution is 2.20. The van der Waals surface area contributed by atoms with Gasteiger partial charge < -0.3 is 5.32 Å². The molecule has 0 atom stereocenters. The number of aromatic amines is 1. The molecule has 1 fully saturated rings. The van der Waals surface area contributed by atoms with Gasteiger partial charge in [0.2, 0.25) is 0 Å². The molecule has 0 aliphatic carbocycles. The van der Waals surface area contributed by atoms with Crippen molar-refractivity contribution in [1.29, 1.82) is 0 Å². The van der Waals surface area contributed by atoms with Gasteiger partial charge in [-0.25, -0.2) is 4.98 Å². The Kier molecular flexibility index (Phi) is 6.03. The summed E-state index contributed by atoms with van der Waals surface area (Å²) in [6.07, 6.45) is 3.93. The first-order valence-electron chi connectivity index (χ1n) is 4.03. The van der Waals surface area contributed by atoms with Gasteiger partial charge >= 0.3 is 0 Å². The number of H-pyrrole nitrogens is 1. The van der Waals surface area contributed by atoms with E-state index in [-0.39, 0.29) is 24.8 Å². The summed E-state index contributed by atoms with van der Waals surface area (Å²) in [7, 11) is 0. The van der Waals surface area contributed by atoms with Gasteiger partial charge in [-0.3, -0.25) is 5.10 Å². The lowest BCUT2D eigenvalue weighted by molar-refractivity contribution is 0.446. The van der Waals surface area contributed by atoms with Gasteiger partial charge in [-0.2, -0.15) is 5.10 Å². The van der Waals surface area contributed by atoms with Crippen LogP contribution in [0.15, 0.2) is 6.33 Å². The van der Waals surface area contributed by atoms with E-state index in [1.807, 2.05) is 0 Å². The Morgan fingerprint density at radius 2 is 1.92 bits per heavy atom. The molecule has 1 aliphatic heterocycles. The maximum atomic E-state index is 4.15.